The summed E-state index contributed by atoms with van der Waals surface area (Å²) in [5.41, 5.74) is 4.34. The van der Waals surface area contributed by atoms with E-state index < -0.39 is 5.67 Å². The van der Waals surface area contributed by atoms with Gasteiger partial charge in [-0.25, -0.2) is 4.39 Å². The summed E-state index contributed by atoms with van der Waals surface area (Å²) in [4.78, 5) is 0. The van der Waals surface area contributed by atoms with Gasteiger partial charge in [0.05, 0.1) is 0 Å². The van der Waals surface area contributed by atoms with E-state index in [4.69, 9.17) is 10.5 Å². The van der Waals surface area contributed by atoms with Crippen molar-refractivity contribution in [3.05, 3.63) is 0 Å². The summed E-state index contributed by atoms with van der Waals surface area (Å²) in [5.74, 6) is -0.0357. The lowest BCUT2D eigenvalue weighted by atomic mass is 9.84. The molecule has 1 saturated heterocycles. The van der Waals surface area contributed by atoms with Gasteiger partial charge in [-0.3, -0.25) is 0 Å². The van der Waals surface area contributed by atoms with Crippen LogP contribution in [0.5, 0.6) is 0 Å². The Hall–Kier alpha value is -0.150. The summed E-state index contributed by atoms with van der Waals surface area (Å²) in [6, 6.07) is 0. The second-order valence-corrected chi connectivity index (χ2v) is 3.28. The molecule has 0 spiro atoms. The molecule has 3 heteroatoms. The normalized spacial score (nSPS) is 26.5. The number of nitrogens with two attached hydrogens (primary N) is 1. The Kier molecular flexibility index (Phi) is 2.84. The Bertz CT molecular complexity index is 123. The Labute approximate surface area is 66.9 Å². The number of hydrogen-bond donors (Lipinski definition) is 1. The van der Waals surface area contributed by atoms with E-state index >= 15 is 0 Å². The quantitative estimate of drug-likeness (QED) is 0.658. The number of alkyl halides is 1. The van der Waals surface area contributed by atoms with E-state index in [0.29, 0.717) is 32.6 Å². The van der Waals surface area contributed by atoms with Gasteiger partial charge in [-0.1, -0.05) is 6.92 Å². The zero-order chi connectivity index (χ0) is 8.32. The minimum atomic E-state index is -1.06. The highest BCUT2D eigenvalue weighted by molar-refractivity contribution is 4.87. The molecule has 1 rings (SSSR count). The molecule has 11 heavy (non-hydrogen) atoms. The molecule has 0 aliphatic carbocycles. The third kappa shape index (κ3) is 1.91. The Morgan fingerprint density at radius 1 is 1.55 bits per heavy atom. The third-order valence-corrected chi connectivity index (χ3v) is 2.56. The van der Waals surface area contributed by atoms with E-state index in [-0.39, 0.29) is 5.92 Å². The molecule has 1 unspecified atom stereocenters. The molecule has 0 aromatic rings. The predicted molar refractivity (Wildman–Crippen MR) is 42.1 cm³/mol. The van der Waals surface area contributed by atoms with E-state index in [9.17, 15) is 4.39 Å². The lowest BCUT2D eigenvalue weighted by Gasteiger charge is -2.34. The molecule has 0 bridgehead atoms. The van der Waals surface area contributed by atoms with Crippen LogP contribution in [0.2, 0.25) is 0 Å². The van der Waals surface area contributed by atoms with Crippen molar-refractivity contribution in [2.24, 2.45) is 11.7 Å². The molecule has 0 amide bonds. The average molecular weight is 161 g/mol. The molecule has 0 aromatic carbocycles. The van der Waals surface area contributed by atoms with Gasteiger partial charge in [0, 0.05) is 32.0 Å². The van der Waals surface area contributed by atoms with Crippen LogP contribution in [-0.2, 0) is 4.74 Å². The second kappa shape index (κ2) is 3.50. The summed E-state index contributed by atoms with van der Waals surface area (Å²) < 4.78 is 18.9. The standard InChI is InChI=1S/C8H16FNO/c1-7(6-10)8(9)2-4-11-5-3-8/h7H,2-6,10H2,1H3. The lowest BCUT2D eigenvalue weighted by molar-refractivity contribution is -0.0363. The van der Waals surface area contributed by atoms with E-state index in [0.717, 1.165) is 0 Å². The maximum Gasteiger partial charge on any atom is 0.119 e. The summed E-state index contributed by atoms with van der Waals surface area (Å²) >= 11 is 0. The fourth-order valence-electron chi connectivity index (χ4n) is 1.41. The van der Waals surface area contributed by atoms with Gasteiger partial charge in [-0.2, -0.15) is 0 Å². The zero-order valence-electron chi connectivity index (χ0n) is 6.98. The van der Waals surface area contributed by atoms with Crippen LogP contribution in [0, 0.1) is 5.92 Å². The average Bonchev–Trinajstić information content (AvgIpc) is 2.04. The SMILES string of the molecule is CC(CN)C1(F)CCOCC1. The molecular formula is C8H16FNO. The fourth-order valence-corrected chi connectivity index (χ4v) is 1.41. The highest BCUT2D eigenvalue weighted by Crippen LogP contribution is 2.32. The monoisotopic (exact) mass is 161 g/mol. The van der Waals surface area contributed by atoms with E-state index in [1.54, 1.807) is 0 Å². The molecule has 1 fully saturated rings. The largest absolute Gasteiger partial charge is 0.381 e. The molecular weight excluding hydrogens is 145 g/mol. The van der Waals surface area contributed by atoms with Crippen LogP contribution in [0.25, 0.3) is 0 Å². The molecule has 1 atom stereocenters. The predicted octanol–water partition coefficient (Wildman–Crippen LogP) is 1.10. The summed E-state index contributed by atoms with van der Waals surface area (Å²) in [6.45, 7) is 3.38. The second-order valence-electron chi connectivity index (χ2n) is 3.28. The third-order valence-electron chi connectivity index (χ3n) is 2.56. The van der Waals surface area contributed by atoms with E-state index in [1.165, 1.54) is 0 Å². The van der Waals surface area contributed by atoms with Gasteiger partial charge in [-0.05, 0) is 6.54 Å². The first-order chi connectivity index (χ1) is 5.19. The molecule has 1 heterocycles. The Morgan fingerprint density at radius 2 is 2.09 bits per heavy atom. The van der Waals surface area contributed by atoms with Crippen molar-refractivity contribution in [1.29, 1.82) is 0 Å². The van der Waals surface area contributed by atoms with Crippen LogP contribution in [0.3, 0.4) is 0 Å². The van der Waals surface area contributed by atoms with Crippen LogP contribution in [0.15, 0.2) is 0 Å². The molecule has 0 aromatic heterocycles. The molecule has 2 nitrogen and oxygen atoms in total. The molecule has 2 N–H and O–H groups in total. The van der Waals surface area contributed by atoms with Crippen molar-refractivity contribution in [2.75, 3.05) is 19.8 Å². The first-order valence-electron chi connectivity index (χ1n) is 4.16. The lowest BCUT2D eigenvalue weighted by Crippen LogP contribution is -2.41. The molecule has 1 aliphatic rings. The van der Waals surface area contributed by atoms with Crippen molar-refractivity contribution >= 4 is 0 Å². The molecule has 66 valence electrons. The number of hydrogen-bond acceptors (Lipinski definition) is 2. The van der Waals surface area contributed by atoms with Crippen molar-refractivity contribution < 1.29 is 9.13 Å². The zero-order valence-corrected chi connectivity index (χ0v) is 6.98. The van der Waals surface area contributed by atoms with Gasteiger partial charge in [-0.15, -0.1) is 0 Å². The van der Waals surface area contributed by atoms with Gasteiger partial charge >= 0.3 is 0 Å². The number of halogens is 1. The van der Waals surface area contributed by atoms with Crippen LogP contribution < -0.4 is 5.73 Å². The van der Waals surface area contributed by atoms with Crippen molar-refractivity contribution in [1.82, 2.24) is 0 Å². The number of rotatable bonds is 2. The van der Waals surface area contributed by atoms with Gasteiger partial charge in [0.25, 0.3) is 0 Å². The topological polar surface area (TPSA) is 35.2 Å². The van der Waals surface area contributed by atoms with Crippen LogP contribution >= 0.6 is 0 Å². The van der Waals surface area contributed by atoms with Crippen molar-refractivity contribution in [2.45, 2.75) is 25.4 Å². The van der Waals surface area contributed by atoms with Gasteiger partial charge < -0.3 is 10.5 Å². The van der Waals surface area contributed by atoms with Gasteiger partial charge in [0.2, 0.25) is 0 Å². The Balaban J connectivity index is 2.49. The van der Waals surface area contributed by atoms with Gasteiger partial charge in [0.15, 0.2) is 0 Å². The summed E-state index contributed by atoms with van der Waals surface area (Å²) in [6.07, 6.45) is 1.01. The smallest absolute Gasteiger partial charge is 0.119 e. The van der Waals surface area contributed by atoms with Crippen molar-refractivity contribution in [3.63, 3.8) is 0 Å². The minimum absolute atomic E-state index is 0.0357. The van der Waals surface area contributed by atoms with E-state index in [2.05, 4.69) is 0 Å². The number of ether oxygens (including phenoxy) is 1. The summed E-state index contributed by atoms with van der Waals surface area (Å²) in [5, 5.41) is 0. The van der Waals surface area contributed by atoms with Crippen LogP contribution in [-0.4, -0.2) is 25.4 Å². The van der Waals surface area contributed by atoms with Crippen LogP contribution in [0.1, 0.15) is 19.8 Å². The van der Waals surface area contributed by atoms with Gasteiger partial charge in [0.1, 0.15) is 5.67 Å². The van der Waals surface area contributed by atoms with Crippen molar-refractivity contribution in [3.8, 4) is 0 Å². The van der Waals surface area contributed by atoms with Crippen LogP contribution in [0.4, 0.5) is 4.39 Å². The summed E-state index contributed by atoms with van der Waals surface area (Å²) in [7, 11) is 0. The highest BCUT2D eigenvalue weighted by Gasteiger charge is 2.36. The fraction of sp³-hybridized carbons (Fsp3) is 1.00. The first-order valence-corrected chi connectivity index (χ1v) is 4.16. The molecule has 1 aliphatic heterocycles. The Morgan fingerprint density at radius 3 is 2.55 bits per heavy atom. The van der Waals surface area contributed by atoms with E-state index in [1.807, 2.05) is 6.92 Å². The maximum absolute atomic E-state index is 13.8. The molecule has 0 saturated carbocycles. The maximum atomic E-state index is 13.8. The minimum Gasteiger partial charge on any atom is -0.381 e. The first kappa shape index (κ1) is 8.94. The highest BCUT2D eigenvalue weighted by atomic mass is 19.1. The molecule has 0 radical (unpaired) electrons.